The molecular formula is C21H24N2O7S. The number of methoxy groups -OCH3 is 2. The number of nitrogens with two attached hydrogens (primary N) is 1. The molecule has 2 aromatic carbocycles. The van der Waals surface area contributed by atoms with Crippen LogP contribution < -0.4 is 19.9 Å². The molecule has 0 spiro atoms. The van der Waals surface area contributed by atoms with Gasteiger partial charge in [-0.1, -0.05) is 6.07 Å². The average Bonchev–Trinajstić information content (AvgIpc) is 2.97. The highest BCUT2D eigenvalue weighted by Crippen LogP contribution is 2.40. The van der Waals surface area contributed by atoms with Gasteiger partial charge in [-0.3, -0.25) is 14.5 Å². The monoisotopic (exact) mass is 448 g/mol. The van der Waals surface area contributed by atoms with Crippen LogP contribution in [0.4, 0.5) is 5.69 Å². The van der Waals surface area contributed by atoms with Gasteiger partial charge in [0.05, 0.1) is 49.4 Å². The topological polar surface area (TPSA) is 125 Å². The molecule has 0 fully saturated rings. The van der Waals surface area contributed by atoms with Crippen LogP contribution in [0.1, 0.15) is 39.2 Å². The Kier molecular flexibility index (Phi) is 6.12. The maximum absolute atomic E-state index is 13.2. The molecule has 0 aromatic heterocycles. The third-order valence-corrected chi connectivity index (χ3v) is 5.87. The van der Waals surface area contributed by atoms with E-state index in [1.807, 2.05) is 0 Å². The number of carbonyl (C=O) groups is 2. The van der Waals surface area contributed by atoms with Crippen LogP contribution in [-0.2, 0) is 9.84 Å². The van der Waals surface area contributed by atoms with E-state index < -0.39 is 33.4 Å². The van der Waals surface area contributed by atoms with E-state index in [2.05, 4.69) is 0 Å². The molecule has 3 rings (SSSR count). The molecule has 1 aliphatic rings. The van der Waals surface area contributed by atoms with Gasteiger partial charge in [-0.05, 0) is 36.8 Å². The van der Waals surface area contributed by atoms with E-state index in [1.54, 1.807) is 25.1 Å². The van der Waals surface area contributed by atoms with Crippen molar-refractivity contribution in [2.75, 3.05) is 38.6 Å². The Bertz CT molecular complexity index is 1140. The molecule has 0 aliphatic carbocycles. The first-order valence-electron chi connectivity index (χ1n) is 9.45. The van der Waals surface area contributed by atoms with Crippen LogP contribution in [0.3, 0.4) is 0 Å². The van der Waals surface area contributed by atoms with Gasteiger partial charge in [-0.25, -0.2) is 8.42 Å². The molecule has 2 amide bonds. The van der Waals surface area contributed by atoms with Crippen molar-refractivity contribution in [3.8, 4) is 17.2 Å². The molecule has 1 unspecified atom stereocenters. The fourth-order valence-corrected chi connectivity index (χ4v) is 4.50. The summed E-state index contributed by atoms with van der Waals surface area (Å²) in [4.78, 5) is 27.3. The summed E-state index contributed by atoms with van der Waals surface area (Å²) in [7, 11) is -0.704. The van der Waals surface area contributed by atoms with Crippen molar-refractivity contribution in [1.82, 2.24) is 4.90 Å². The third kappa shape index (κ3) is 4.15. The number of fused-ring (bicyclic) bond motifs is 1. The van der Waals surface area contributed by atoms with Crippen molar-refractivity contribution < 1.29 is 32.2 Å². The molecule has 166 valence electrons. The summed E-state index contributed by atoms with van der Waals surface area (Å²) < 4.78 is 40.4. The van der Waals surface area contributed by atoms with E-state index in [9.17, 15) is 18.0 Å². The van der Waals surface area contributed by atoms with Crippen LogP contribution in [0, 0.1) is 0 Å². The number of sulfone groups is 1. The summed E-state index contributed by atoms with van der Waals surface area (Å²) in [5, 5.41) is 0. The summed E-state index contributed by atoms with van der Waals surface area (Å²) in [6, 6.07) is 6.64. The van der Waals surface area contributed by atoms with Gasteiger partial charge >= 0.3 is 0 Å². The van der Waals surface area contributed by atoms with Gasteiger partial charge in [0.1, 0.15) is 15.6 Å². The first-order valence-corrected chi connectivity index (χ1v) is 11.5. The molecular weight excluding hydrogens is 424 g/mol. The number of benzene rings is 2. The zero-order chi connectivity index (χ0) is 22.9. The summed E-state index contributed by atoms with van der Waals surface area (Å²) >= 11 is 0. The fourth-order valence-electron chi connectivity index (χ4n) is 3.59. The van der Waals surface area contributed by atoms with E-state index in [0.717, 1.165) is 11.2 Å². The molecule has 1 aliphatic heterocycles. The molecule has 0 radical (unpaired) electrons. The SMILES string of the molecule is CCOc1cc(C(CS(C)(=O)=O)N2C(=O)c3ccc(OC)c(N)c3C2=O)ccc1OC. The Morgan fingerprint density at radius 3 is 2.23 bits per heavy atom. The predicted molar refractivity (Wildman–Crippen MR) is 115 cm³/mol. The molecule has 2 N–H and O–H groups in total. The second-order valence-electron chi connectivity index (χ2n) is 7.04. The molecule has 1 heterocycles. The number of rotatable bonds is 8. The summed E-state index contributed by atoms with van der Waals surface area (Å²) in [5.41, 5.74) is 6.59. The highest BCUT2D eigenvalue weighted by Gasteiger charge is 2.43. The number of carbonyl (C=O) groups excluding carboxylic acids is 2. The highest BCUT2D eigenvalue weighted by molar-refractivity contribution is 7.90. The van der Waals surface area contributed by atoms with Crippen molar-refractivity contribution in [1.29, 1.82) is 0 Å². The number of amides is 2. The zero-order valence-electron chi connectivity index (χ0n) is 17.7. The van der Waals surface area contributed by atoms with Crippen LogP contribution >= 0.6 is 0 Å². The lowest BCUT2D eigenvalue weighted by Gasteiger charge is -2.26. The molecule has 0 saturated heterocycles. The maximum Gasteiger partial charge on any atom is 0.264 e. The standard InChI is InChI=1S/C21H24N2O7S/c1-5-30-17-10-12(6-8-15(17)28-2)14(11-31(4,26)27)23-20(24)13-7-9-16(29-3)19(22)18(13)21(23)25/h6-10,14H,5,11,22H2,1-4H3. The van der Waals surface area contributed by atoms with Crippen molar-refractivity contribution >= 4 is 27.3 Å². The van der Waals surface area contributed by atoms with Crippen LogP contribution in [-0.4, -0.2) is 58.0 Å². The van der Waals surface area contributed by atoms with Gasteiger partial charge in [-0.15, -0.1) is 0 Å². The number of hydrogen-bond donors (Lipinski definition) is 1. The van der Waals surface area contributed by atoms with Gasteiger partial charge in [0, 0.05) is 6.26 Å². The zero-order valence-corrected chi connectivity index (χ0v) is 18.5. The Morgan fingerprint density at radius 1 is 1.00 bits per heavy atom. The number of hydrogen-bond acceptors (Lipinski definition) is 8. The smallest absolute Gasteiger partial charge is 0.264 e. The Morgan fingerprint density at radius 2 is 1.65 bits per heavy atom. The van der Waals surface area contributed by atoms with E-state index in [1.165, 1.54) is 26.4 Å². The van der Waals surface area contributed by atoms with Crippen molar-refractivity contribution in [3.05, 3.63) is 47.0 Å². The van der Waals surface area contributed by atoms with Gasteiger partial charge < -0.3 is 19.9 Å². The number of ether oxygens (including phenoxy) is 3. The largest absolute Gasteiger partial charge is 0.495 e. The lowest BCUT2D eigenvalue weighted by Crippen LogP contribution is -2.37. The minimum atomic E-state index is -3.58. The Labute approximate surface area is 180 Å². The van der Waals surface area contributed by atoms with E-state index in [0.29, 0.717) is 23.7 Å². The molecule has 2 aromatic rings. The molecule has 10 heteroatoms. The van der Waals surface area contributed by atoms with Crippen LogP contribution in [0.2, 0.25) is 0 Å². The second-order valence-corrected chi connectivity index (χ2v) is 9.22. The Balaban J connectivity index is 2.14. The van der Waals surface area contributed by atoms with Gasteiger partial charge in [0.15, 0.2) is 11.5 Å². The first-order chi connectivity index (χ1) is 14.6. The molecule has 31 heavy (non-hydrogen) atoms. The lowest BCUT2D eigenvalue weighted by atomic mass is 10.1. The van der Waals surface area contributed by atoms with Gasteiger partial charge in [-0.2, -0.15) is 0 Å². The molecule has 9 nitrogen and oxygen atoms in total. The quantitative estimate of drug-likeness (QED) is 0.481. The lowest BCUT2D eigenvalue weighted by molar-refractivity contribution is 0.0597. The maximum atomic E-state index is 13.2. The van der Waals surface area contributed by atoms with E-state index in [-0.39, 0.29) is 22.6 Å². The summed E-state index contributed by atoms with van der Waals surface area (Å²) in [5.74, 6) is -0.702. The minimum Gasteiger partial charge on any atom is -0.495 e. The third-order valence-electron chi connectivity index (χ3n) is 4.95. The number of imide groups is 1. The molecule has 0 saturated carbocycles. The van der Waals surface area contributed by atoms with Gasteiger partial charge in [0.2, 0.25) is 0 Å². The summed E-state index contributed by atoms with van der Waals surface area (Å²) in [6.45, 7) is 2.14. The Hall–Kier alpha value is -3.27. The van der Waals surface area contributed by atoms with Gasteiger partial charge in [0.25, 0.3) is 11.8 Å². The number of anilines is 1. The fraction of sp³-hybridized carbons (Fsp3) is 0.333. The van der Waals surface area contributed by atoms with E-state index >= 15 is 0 Å². The molecule has 1 atom stereocenters. The average molecular weight is 448 g/mol. The van der Waals surface area contributed by atoms with Crippen molar-refractivity contribution in [3.63, 3.8) is 0 Å². The number of nitrogen functional groups attached to an aromatic ring is 1. The first kappa shape index (κ1) is 22.4. The van der Waals surface area contributed by atoms with Crippen molar-refractivity contribution in [2.24, 2.45) is 0 Å². The van der Waals surface area contributed by atoms with E-state index in [4.69, 9.17) is 19.9 Å². The van der Waals surface area contributed by atoms with Crippen LogP contribution in [0.5, 0.6) is 17.2 Å². The number of nitrogens with zero attached hydrogens (tertiary/aromatic N) is 1. The normalized spacial score (nSPS) is 14.4. The highest BCUT2D eigenvalue weighted by atomic mass is 32.2. The van der Waals surface area contributed by atoms with Crippen LogP contribution in [0.25, 0.3) is 0 Å². The molecule has 0 bridgehead atoms. The predicted octanol–water partition coefficient (Wildman–Crippen LogP) is 2.07. The minimum absolute atomic E-state index is 0.00129. The second kappa shape index (κ2) is 8.46. The summed E-state index contributed by atoms with van der Waals surface area (Å²) in [6.07, 6.45) is 1.04. The van der Waals surface area contributed by atoms with Crippen LogP contribution in [0.15, 0.2) is 30.3 Å². The van der Waals surface area contributed by atoms with Crippen molar-refractivity contribution in [2.45, 2.75) is 13.0 Å².